The van der Waals surface area contributed by atoms with Crippen molar-refractivity contribution < 1.29 is 4.42 Å². The second-order valence-corrected chi connectivity index (χ2v) is 5.17. The second-order valence-electron chi connectivity index (χ2n) is 5.17. The average molecular weight is 256 g/mol. The van der Waals surface area contributed by atoms with Crippen LogP contribution in [0.4, 0.5) is 0 Å². The average Bonchev–Trinajstić information content (AvgIpc) is 2.69. The Morgan fingerprint density at radius 2 is 2.05 bits per heavy atom. The third kappa shape index (κ3) is 2.44. The Hall–Kier alpha value is -1.58. The van der Waals surface area contributed by atoms with Crippen LogP contribution in [0.5, 0.6) is 0 Å². The first kappa shape index (κ1) is 12.5. The zero-order chi connectivity index (χ0) is 13.1. The quantitative estimate of drug-likeness (QED) is 0.498. The van der Waals surface area contributed by atoms with Gasteiger partial charge in [0.25, 0.3) is 0 Å². The highest BCUT2D eigenvalue weighted by Gasteiger charge is 2.20. The van der Waals surface area contributed by atoms with E-state index in [2.05, 4.69) is 17.6 Å². The predicted molar refractivity (Wildman–Crippen MR) is 77.4 cm³/mol. The van der Waals surface area contributed by atoms with E-state index in [-0.39, 0.29) is 6.04 Å². The number of hydrogen-bond donors (Lipinski definition) is 2. The van der Waals surface area contributed by atoms with Gasteiger partial charge >= 0.3 is 0 Å². The highest BCUT2D eigenvalue weighted by Crippen LogP contribution is 2.33. The first-order valence-corrected chi connectivity index (χ1v) is 7.01. The maximum absolute atomic E-state index is 5.80. The van der Waals surface area contributed by atoms with Crippen LogP contribution >= 0.6 is 0 Å². The van der Waals surface area contributed by atoms with Crippen molar-refractivity contribution in [1.29, 1.82) is 0 Å². The second kappa shape index (κ2) is 5.59. The number of allylic oxidation sites excluding steroid dienone is 1. The van der Waals surface area contributed by atoms with E-state index in [4.69, 9.17) is 10.3 Å². The molecule has 3 rings (SSSR count). The first-order valence-electron chi connectivity index (χ1n) is 7.01. The molecule has 0 bridgehead atoms. The minimum Gasteiger partial charge on any atom is -0.464 e. The highest BCUT2D eigenvalue weighted by molar-refractivity contribution is 5.81. The first-order chi connectivity index (χ1) is 9.40. The molecule has 0 saturated carbocycles. The molecule has 1 aliphatic rings. The lowest BCUT2D eigenvalue weighted by Gasteiger charge is -2.18. The Morgan fingerprint density at radius 3 is 2.95 bits per heavy atom. The van der Waals surface area contributed by atoms with Gasteiger partial charge in [0.05, 0.1) is 12.3 Å². The third-order valence-corrected chi connectivity index (χ3v) is 3.94. The molecule has 0 radical (unpaired) electrons. The van der Waals surface area contributed by atoms with Crippen molar-refractivity contribution in [2.45, 2.75) is 38.1 Å². The Balaban J connectivity index is 1.99. The van der Waals surface area contributed by atoms with Crippen LogP contribution in [0.25, 0.3) is 11.0 Å². The van der Waals surface area contributed by atoms with Crippen molar-refractivity contribution in [3.8, 4) is 0 Å². The highest BCUT2D eigenvalue weighted by atomic mass is 16.3. The fourth-order valence-electron chi connectivity index (χ4n) is 2.92. The van der Waals surface area contributed by atoms with Crippen molar-refractivity contribution >= 4 is 11.0 Å². The van der Waals surface area contributed by atoms with Crippen LogP contribution in [0.3, 0.4) is 0 Å². The van der Waals surface area contributed by atoms with E-state index in [1.807, 2.05) is 24.5 Å². The molecular formula is C16H20N2O. The summed E-state index contributed by atoms with van der Waals surface area (Å²) in [6.45, 7) is 0. The summed E-state index contributed by atoms with van der Waals surface area (Å²) in [7, 11) is 0. The van der Waals surface area contributed by atoms with E-state index in [0.717, 1.165) is 29.4 Å². The van der Waals surface area contributed by atoms with Gasteiger partial charge in [-0.25, -0.2) is 5.43 Å². The summed E-state index contributed by atoms with van der Waals surface area (Å²) < 4.78 is 5.63. The largest absolute Gasteiger partial charge is 0.464 e. The van der Waals surface area contributed by atoms with E-state index in [1.165, 1.54) is 24.8 Å². The molecule has 0 spiro atoms. The van der Waals surface area contributed by atoms with Crippen molar-refractivity contribution in [3.63, 3.8) is 0 Å². The van der Waals surface area contributed by atoms with Crippen LogP contribution in [0.1, 0.15) is 43.7 Å². The van der Waals surface area contributed by atoms with Crippen LogP contribution in [-0.4, -0.2) is 0 Å². The Bertz CT molecular complexity index is 585. The molecule has 1 aliphatic carbocycles. The van der Waals surface area contributed by atoms with E-state index in [0.29, 0.717) is 0 Å². The molecule has 19 heavy (non-hydrogen) atoms. The number of hydrazine groups is 1. The molecule has 100 valence electrons. The van der Waals surface area contributed by atoms with Crippen LogP contribution in [-0.2, 0) is 0 Å². The Labute approximate surface area is 113 Å². The maximum Gasteiger partial charge on any atom is 0.134 e. The van der Waals surface area contributed by atoms with Gasteiger partial charge in [-0.05, 0) is 31.7 Å². The van der Waals surface area contributed by atoms with E-state index >= 15 is 0 Å². The van der Waals surface area contributed by atoms with Gasteiger partial charge < -0.3 is 4.42 Å². The standard InChI is InChI=1S/C16H20N2O/c17-18-16(12-7-3-1-2-4-8-12)14-11-19-15-10-6-5-9-13(14)15/h5-7,9-11,16,18H,1-4,8,17H2. The Morgan fingerprint density at radius 1 is 1.16 bits per heavy atom. The van der Waals surface area contributed by atoms with Gasteiger partial charge in [-0.2, -0.15) is 0 Å². The molecule has 0 fully saturated rings. The molecule has 0 amide bonds. The van der Waals surface area contributed by atoms with Crippen LogP contribution in [0.2, 0.25) is 0 Å². The molecule has 1 aromatic carbocycles. The van der Waals surface area contributed by atoms with Gasteiger partial charge in [0.2, 0.25) is 0 Å². The van der Waals surface area contributed by atoms with Crippen LogP contribution < -0.4 is 11.3 Å². The minimum absolute atomic E-state index is 0.0711. The third-order valence-electron chi connectivity index (χ3n) is 3.94. The monoisotopic (exact) mass is 256 g/mol. The van der Waals surface area contributed by atoms with Crippen molar-refractivity contribution in [1.82, 2.24) is 5.43 Å². The fraction of sp³-hybridized carbons (Fsp3) is 0.375. The van der Waals surface area contributed by atoms with Gasteiger partial charge in [-0.15, -0.1) is 0 Å². The number of furan rings is 1. The molecule has 1 aromatic heterocycles. The molecule has 3 N–H and O–H groups in total. The molecule has 0 aliphatic heterocycles. The molecule has 1 unspecified atom stereocenters. The summed E-state index contributed by atoms with van der Waals surface area (Å²) in [5.74, 6) is 5.80. The molecular weight excluding hydrogens is 236 g/mol. The number of para-hydroxylation sites is 1. The molecule has 2 aromatic rings. The predicted octanol–water partition coefficient (Wildman–Crippen LogP) is 3.83. The van der Waals surface area contributed by atoms with Crippen LogP contribution in [0, 0.1) is 0 Å². The minimum atomic E-state index is 0.0711. The summed E-state index contributed by atoms with van der Waals surface area (Å²) in [6, 6.07) is 8.19. The summed E-state index contributed by atoms with van der Waals surface area (Å²) in [4.78, 5) is 0. The van der Waals surface area contributed by atoms with Crippen molar-refractivity contribution in [3.05, 3.63) is 47.7 Å². The molecule has 3 nitrogen and oxygen atoms in total. The number of nitrogens with one attached hydrogen (secondary N) is 1. The number of rotatable bonds is 3. The van der Waals surface area contributed by atoms with Gasteiger partial charge in [-0.1, -0.05) is 36.3 Å². The number of fused-ring (bicyclic) bond motifs is 1. The number of nitrogens with two attached hydrogens (primary N) is 1. The SMILES string of the molecule is NNC(C1=CCCCCC1)c1coc2ccccc12. The normalized spacial score (nSPS) is 18.1. The van der Waals surface area contributed by atoms with Gasteiger partial charge in [-0.3, -0.25) is 5.84 Å². The van der Waals surface area contributed by atoms with Crippen molar-refractivity contribution in [2.24, 2.45) is 5.84 Å². The van der Waals surface area contributed by atoms with Gasteiger partial charge in [0.15, 0.2) is 0 Å². The van der Waals surface area contributed by atoms with E-state index in [9.17, 15) is 0 Å². The lowest BCUT2D eigenvalue weighted by Crippen LogP contribution is -2.29. The van der Waals surface area contributed by atoms with E-state index < -0.39 is 0 Å². The van der Waals surface area contributed by atoms with E-state index in [1.54, 1.807) is 0 Å². The Kier molecular flexibility index (Phi) is 3.67. The van der Waals surface area contributed by atoms with Crippen LogP contribution in [0.15, 0.2) is 46.6 Å². The zero-order valence-corrected chi connectivity index (χ0v) is 11.1. The number of benzene rings is 1. The topological polar surface area (TPSA) is 51.2 Å². The molecule has 1 atom stereocenters. The maximum atomic E-state index is 5.80. The summed E-state index contributed by atoms with van der Waals surface area (Å²) in [5.41, 5.74) is 6.43. The lowest BCUT2D eigenvalue weighted by atomic mass is 9.95. The molecule has 0 saturated heterocycles. The fourth-order valence-corrected chi connectivity index (χ4v) is 2.92. The summed E-state index contributed by atoms with van der Waals surface area (Å²) in [6.07, 6.45) is 10.3. The van der Waals surface area contributed by atoms with Gasteiger partial charge in [0.1, 0.15) is 5.58 Å². The number of hydrogen-bond acceptors (Lipinski definition) is 3. The molecule has 1 heterocycles. The van der Waals surface area contributed by atoms with Crippen molar-refractivity contribution in [2.75, 3.05) is 0 Å². The van der Waals surface area contributed by atoms with Gasteiger partial charge in [0, 0.05) is 10.9 Å². The molecule has 3 heteroatoms. The smallest absolute Gasteiger partial charge is 0.134 e. The summed E-state index contributed by atoms with van der Waals surface area (Å²) >= 11 is 0. The summed E-state index contributed by atoms with van der Waals surface area (Å²) in [5, 5.41) is 1.15. The lowest BCUT2D eigenvalue weighted by molar-refractivity contribution is 0.568. The zero-order valence-electron chi connectivity index (χ0n) is 11.1.